The van der Waals surface area contributed by atoms with Crippen LogP contribution in [-0.2, 0) is 4.79 Å². The molecule has 0 aliphatic carbocycles. The van der Waals surface area contributed by atoms with Crippen LogP contribution in [0.5, 0.6) is 0 Å². The van der Waals surface area contributed by atoms with Crippen molar-refractivity contribution in [1.82, 2.24) is 0 Å². The standard InChI is InChI=1S/C24H48O2.Sn.2H/c1-2-3-4-5-6-7-8-9-10-11-12-13-14-15-16-17-18-19-20-21-22-23-24(25)26;;;/h2-23H2,1H3,(H,25,26);;;. The number of hydrogen-bond donors (Lipinski definition) is 1. The second-order valence-electron chi connectivity index (χ2n) is 8.21. The van der Waals surface area contributed by atoms with Gasteiger partial charge in [-0.15, -0.1) is 0 Å². The summed E-state index contributed by atoms with van der Waals surface area (Å²) in [6.45, 7) is 2.29. The quantitative estimate of drug-likeness (QED) is 0.125. The molecule has 0 aliphatic rings. The molecule has 2 nitrogen and oxygen atoms in total. The molecule has 0 aromatic rings. The van der Waals surface area contributed by atoms with Gasteiger partial charge in [0.25, 0.3) is 0 Å². The number of unbranched alkanes of at least 4 members (excludes halogenated alkanes) is 20. The summed E-state index contributed by atoms with van der Waals surface area (Å²) in [4.78, 5) is 10.4. The van der Waals surface area contributed by atoms with Gasteiger partial charge in [-0.2, -0.15) is 0 Å². The molecule has 0 unspecified atom stereocenters. The molecule has 0 atom stereocenters. The molecule has 0 fully saturated rings. The fraction of sp³-hybridized carbons (Fsp3) is 0.958. The molecule has 0 saturated heterocycles. The molecule has 0 aromatic carbocycles. The Morgan fingerprint density at radius 3 is 0.926 bits per heavy atom. The van der Waals surface area contributed by atoms with E-state index in [0.717, 1.165) is 12.8 Å². The zero-order valence-corrected chi connectivity index (χ0v) is 22.7. The van der Waals surface area contributed by atoms with Crippen LogP contribution in [0.2, 0.25) is 0 Å². The Morgan fingerprint density at radius 1 is 0.481 bits per heavy atom. The maximum absolute atomic E-state index is 10.4. The minimum absolute atomic E-state index is 0. The Balaban J connectivity index is 0. The summed E-state index contributed by atoms with van der Waals surface area (Å²) < 4.78 is 0. The predicted molar refractivity (Wildman–Crippen MR) is 123 cm³/mol. The SMILES string of the molecule is CCCCCCCCCCCCCCCCCCCCCCCC(=O)O.[SnH2]. The molecule has 0 spiro atoms. The van der Waals surface area contributed by atoms with Crippen molar-refractivity contribution in [2.24, 2.45) is 0 Å². The predicted octanol–water partition coefficient (Wildman–Crippen LogP) is 7.76. The number of carboxylic acids is 1. The van der Waals surface area contributed by atoms with Crippen LogP contribution in [0.1, 0.15) is 148 Å². The van der Waals surface area contributed by atoms with E-state index in [1.54, 1.807) is 0 Å². The minimum atomic E-state index is -0.650. The molecule has 0 amide bonds. The molecule has 0 saturated carbocycles. The molecule has 1 N–H and O–H groups in total. The average molecular weight is 489 g/mol. The third kappa shape index (κ3) is 28.6. The van der Waals surface area contributed by atoms with Crippen molar-refractivity contribution >= 4 is 29.9 Å². The molecule has 27 heavy (non-hydrogen) atoms. The van der Waals surface area contributed by atoms with Crippen LogP contribution in [0.4, 0.5) is 0 Å². The van der Waals surface area contributed by atoms with Crippen LogP contribution in [0, 0.1) is 0 Å². The topological polar surface area (TPSA) is 37.3 Å². The van der Waals surface area contributed by atoms with Crippen molar-refractivity contribution in [2.75, 3.05) is 0 Å². The van der Waals surface area contributed by atoms with E-state index in [9.17, 15) is 4.79 Å². The first-order chi connectivity index (χ1) is 12.8. The second kappa shape index (κ2) is 26.3. The normalized spacial score (nSPS) is 10.7. The zero-order chi connectivity index (χ0) is 19.1. The second-order valence-corrected chi connectivity index (χ2v) is 8.21. The summed E-state index contributed by atoms with van der Waals surface area (Å²) in [5.41, 5.74) is 0. The Hall–Kier alpha value is 0.269. The van der Waals surface area contributed by atoms with E-state index in [0.29, 0.717) is 6.42 Å². The monoisotopic (exact) mass is 490 g/mol. The van der Waals surface area contributed by atoms with Crippen molar-refractivity contribution in [3.63, 3.8) is 0 Å². The van der Waals surface area contributed by atoms with E-state index in [1.807, 2.05) is 0 Å². The Labute approximate surface area is 187 Å². The molecule has 162 valence electrons. The summed E-state index contributed by atoms with van der Waals surface area (Å²) >= 11 is 0. The molecule has 0 bridgehead atoms. The summed E-state index contributed by atoms with van der Waals surface area (Å²) in [5.74, 6) is -0.650. The molecule has 0 aromatic heterocycles. The van der Waals surface area contributed by atoms with Crippen LogP contribution < -0.4 is 0 Å². The van der Waals surface area contributed by atoms with Gasteiger partial charge in [-0.1, -0.05) is 135 Å². The molecular weight excluding hydrogens is 439 g/mol. The van der Waals surface area contributed by atoms with Crippen molar-refractivity contribution in [1.29, 1.82) is 0 Å². The van der Waals surface area contributed by atoms with Crippen LogP contribution in [0.3, 0.4) is 0 Å². The van der Waals surface area contributed by atoms with Crippen LogP contribution >= 0.6 is 0 Å². The number of hydrogen-bond acceptors (Lipinski definition) is 1. The first-order valence-corrected chi connectivity index (χ1v) is 12.0. The van der Waals surface area contributed by atoms with Gasteiger partial charge in [0.15, 0.2) is 0 Å². The summed E-state index contributed by atoms with van der Waals surface area (Å²) in [6.07, 6.45) is 29.1. The fourth-order valence-corrected chi connectivity index (χ4v) is 3.71. The Bertz CT molecular complexity index is 282. The fourth-order valence-electron chi connectivity index (χ4n) is 3.71. The van der Waals surface area contributed by atoms with Gasteiger partial charge in [-0.05, 0) is 6.42 Å². The number of rotatable bonds is 22. The van der Waals surface area contributed by atoms with Crippen LogP contribution in [0.15, 0.2) is 0 Å². The van der Waals surface area contributed by atoms with E-state index >= 15 is 0 Å². The van der Waals surface area contributed by atoms with E-state index < -0.39 is 5.97 Å². The molecule has 2 radical (unpaired) electrons. The maximum atomic E-state index is 10.4. The van der Waals surface area contributed by atoms with Crippen LogP contribution in [-0.4, -0.2) is 35.0 Å². The third-order valence-electron chi connectivity index (χ3n) is 5.49. The van der Waals surface area contributed by atoms with Gasteiger partial charge in [-0.3, -0.25) is 4.79 Å². The first-order valence-electron chi connectivity index (χ1n) is 12.0. The number of aliphatic carboxylic acids is 1. The van der Waals surface area contributed by atoms with E-state index in [-0.39, 0.29) is 23.9 Å². The molecule has 0 heterocycles. The first kappa shape index (κ1) is 29.5. The van der Waals surface area contributed by atoms with E-state index in [2.05, 4.69) is 6.92 Å². The van der Waals surface area contributed by atoms with Crippen molar-refractivity contribution in [2.45, 2.75) is 148 Å². The average Bonchev–Trinajstić information content (AvgIpc) is 2.62. The van der Waals surface area contributed by atoms with E-state index in [1.165, 1.54) is 122 Å². The Morgan fingerprint density at radius 2 is 0.704 bits per heavy atom. The van der Waals surface area contributed by atoms with Gasteiger partial charge >= 0.3 is 29.9 Å². The summed E-state index contributed by atoms with van der Waals surface area (Å²) in [7, 11) is 0. The van der Waals surface area contributed by atoms with Crippen molar-refractivity contribution in [3.8, 4) is 0 Å². The van der Waals surface area contributed by atoms with Gasteiger partial charge in [0.2, 0.25) is 0 Å². The van der Waals surface area contributed by atoms with Crippen molar-refractivity contribution in [3.05, 3.63) is 0 Å². The summed E-state index contributed by atoms with van der Waals surface area (Å²) in [5, 5.41) is 8.57. The Kier molecular flexibility index (Phi) is 28.7. The third-order valence-corrected chi connectivity index (χ3v) is 5.49. The molecule has 0 rings (SSSR count). The molecule has 3 heteroatoms. The number of carboxylic acid groups (broad SMARTS) is 1. The van der Waals surface area contributed by atoms with Gasteiger partial charge < -0.3 is 5.11 Å². The molecule has 0 aliphatic heterocycles. The zero-order valence-electron chi connectivity index (χ0n) is 18.6. The number of carbonyl (C=O) groups is 1. The van der Waals surface area contributed by atoms with Gasteiger partial charge in [0.05, 0.1) is 0 Å². The van der Waals surface area contributed by atoms with Crippen molar-refractivity contribution < 1.29 is 9.90 Å². The van der Waals surface area contributed by atoms with Gasteiger partial charge in [0.1, 0.15) is 0 Å². The summed E-state index contributed by atoms with van der Waals surface area (Å²) in [6, 6.07) is 0. The van der Waals surface area contributed by atoms with Gasteiger partial charge in [0, 0.05) is 6.42 Å². The molecular formula is C24H50O2Sn. The van der Waals surface area contributed by atoms with E-state index in [4.69, 9.17) is 5.11 Å². The van der Waals surface area contributed by atoms with Crippen LogP contribution in [0.25, 0.3) is 0 Å². The van der Waals surface area contributed by atoms with Gasteiger partial charge in [-0.25, -0.2) is 0 Å².